The summed E-state index contributed by atoms with van der Waals surface area (Å²) in [4.78, 5) is 26.4. The number of amides is 2. The fourth-order valence-electron chi connectivity index (χ4n) is 4.37. The maximum atomic E-state index is 12.5. The number of hydrogen-bond donors (Lipinski definition) is 1. The molecule has 4 rings (SSSR count). The van der Waals surface area contributed by atoms with Gasteiger partial charge in [0, 0.05) is 13.0 Å². The van der Waals surface area contributed by atoms with Gasteiger partial charge in [0.2, 0.25) is 11.8 Å². The van der Waals surface area contributed by atoms with Crippen molar-refractivity contribution >= 4 is 11.8 Å². The zero-order chi connectivity index (χ0) is 14.1. The van der Waals surface area contributed by atoms with E-state index in [1.165, 1.54) is 4.90 Å². The third-order valence-corrected chi connectivity index (χ3v) is 5.65. The molecule has 0 aromatic heterocycles. The Labute approximate surface area is 117 Å². The lowest BCUT2D eigenvalue weighted by molar-refractivity contribution is -0.146. The molecule has 1 saturated carbocycles. The lowest BCUT2D eigenvalue weighted by Gasteiger charge is -2.30. The van der Waals surface area contributed by atoms with Gasteiger partial charge in [-0.15, -0.1) is 0 Å². The summed E-state index contributed by atoms with van der Waals surface area (Å²) in [6.45, 7) is 2.36. The van der Waals surface area contributed by atoms with Crippen LogP contribution in [0.15, 0.2) is 12.2 Å². The highest BCUT2D eigenvalue weighted by atomic mass is 16.5. The molecule has 6 unspecified atom stereocenters. The van der Waals surface area contributed by atoms with Crippen LogP contribution in [0.25, 0.3) is 0 Å². The normalized spacial score (nSPS) is 49.5. The van der Waals surface area contributed by atoms with Crippen LogP contribution in [0.3, 0.4) is 0 Å². The van der Waals surface area contributed by atoms with Crippen molar-refractivity contribution in [2.45, 2.75) is 31.5 Å². The summed E-state index contributed by atoms with van der Waals surface area (Å²) in [7, 11) is 0. The van der Waals surface area contributed by atoms with Gasteiger partial charge < -0.3 is 9.84 Å². The van der Waals surface area contributed by atoms with Gasteiger partial charge in [-0.25, -0.2) is 0 Å². The van der Waals surface area contributed by atoms with Gasteiger partial charge in [-0.05, 0) is 25.2 Å². The van der Waals surface area contributed by atoms with E-state index < -0.39 is 5.60 Å². The summed E-state index contributed by atoms with van der Waals surface area (Å²) in [5, 5.41) is 10.6. The van der Waals surface area contributed by atoms with Gasteiger partial charge in [-0.3, -0.25) is 14.5 Å². The molecule has 5 nitrogen and oxygen atoms in total. The van der Waals surface area contributed by atoms with Crippen molar-refractivity contribution in [1.29, 1.82) is 0 Å². The number of rotatable bonds is 2. The van der Waals surface area contributed by atoms with Crippen LogP contribution in [-0.2, 0) is 14.3 Å². The number of nitrogens with zero attached hydrogens (tertiary/aromatic N) is 1. The molecule has 3 fully saturated rings. The number of likely N-dealkylation sites (tertiary alicyclic amines) is 1. The highest BCUT2D eigenvalue weighted by Crippen LogP contribution is 2.52. The number of ether oxygens (including phenoxy) is 1. The van der Waals surface area contributed by atoms with Gasteiger partial charge in [-0.2, -0.15) is 0 Å². The summed E-state index contributed by atoms with van der Waals surface area (Å²) in [5.41, 5.74) is -1.09. The Morgan fingerprint density at radius 1 is 1.30 bits per heavy atom. The molecular formula is C15H19NO4. The number of hydrogen-bond acceptors (Lipinski definition) is 4. The van der Waals surface area contributed by atoms with E-state index in [9.17, 15) is 14.7 Å². The number of imide groups is 1. The van der Waals surface area contributed by atoms with E-state index >= 15 is 0 Å². The topological polar surface area (TPSA) is 66.8 Å². The SMILES string of the molecule is CC1OCCC1(O)CN1C(=O)C2C3C=CC(C3)C2C1=O. The van der Waals surface area contributed by atoms with Crippen LogP contribution in [0.4, 0.5) is 0 Å². The summed E-state index contributed by atoms with van der Waals surface area (Å²) < 4.78 is 5.39. The first-order valence-corrected chi connectivity index (χ1v) is 7.39. The van der Waals surface area contributed by atoms with Gasteiger partial charge in [0.05, 0.1) is 24.5 Å². The molecule has 5 heteroatoms. The number of carbonyl (C=O) groups excluding carboxylic acids is 2. The first kappa shape index (κ1) is 12.5. The fraction of sp³-hybridized carbons (Fsp3) is 0.733. The molecule has 0 radical (unpaired) electrons. The third kappa shape index (κ3) is 1.45. The molecule has 2 amide bonds. The molecule has 2 aliphatic carbocycles. The lowest BCUT2D eigenvalue weighted by atomic mass is 9.85. The molecule has 2 heterocycles. The number of β-amino-alcohol motifs (C(OH)–C–C–N with tert-alkyl or cyclic N) is 1. The number of allylic oxidation sites excluding steroid dienone is 2. The zero-order valence-corrected chi connectivity index (χ0v) is 11.5. The van der Waals surface area contributed by atoms with Crippen LogP contribution in [0.2, 0.25) is 0 Å². The molecule has 2 aliphatic heterocycles. The maximum Gasteiger partial charge on any atom is 0.233 e. The van der Waals surface area contributed by atoms with E-state index in [0.717, 1.165) is 6.42 Å². The molecule has 1 N–H and O–H groups in total. The fourth-order valence-corrected chi connectivity index (χ4v) is 4.37. The molecule has 20 heavy (non-hydrogen) atoms. The highest BCUT2D eigenvalue weighted by molar-refractivity contribution is 6.06. The first-order chi connectivity index (χ1) is 9.51. The summed E-state index contributed by atoms with van der Waals surface area (Å²) in [6.07, 6.45) is 5.24. The monoisotopic (exact) mass is 277 g/mol. The van der Waals surface area contributed by atoms with E-state index in [1.807, 2.05) is 0 Å². The van der Waals surface area contributed by atoms with Crippen LogP contribution >= 0.6 is 0 Å². The highest BCUT2D eigenvalue weighted by Gasteiger charge is 2.60. The largest absolute Gasteiger partial charge is 0.385 e. The second kappa shape index (κ2) is 3.92. The summed E-state index contributed by atoms with van der Waals surface area (Å²) in [6, 6.07) is 0. The molecule has 0 aromatic carbocycles. The van der Waals surface area contributed by atoms with Crippen molar-refractivity contribution in [2.24, 2.45) is 23.7 Å². The maximum absolute atomic E-state index is 12.5. The Morgan fingerprint density at radius 2 is 1.90 bits per heavy atom. The van der Waals surface area contributed by atoms with Crippen LogP contribution in [0, 0.1) is 23.7 Å². The Balaban J connectivity index is 1.59. The van der Waals surface area contributed by atoms with Crippen molar-refractivity contribution in [2.75, 3.05) is 13.2 Å². The Bertz CT molecular complexity index is 486. The lowest BCUT2D eigenvalue weighted by Crippen LogP contribution is -2.50. The predicted molar refractivity (Wildman–Crippen MR) is 69.4 cm³/mol. The number of carbonyl (C=O) groups is 2. The van der Waals surface area contributed by atoms with E-state index in [0.29, 0.717) is 13.0 Å². The van der Waals surface area contributed by atoms with E-state index in [4.69, 9.17) is 4.74 Å². The zero-order valence-electron chi connectivity index (χ0n) is 11.5. The van der Waals surface area contributed by atoms with Crippen molar-refractivity contribution in [3.8, 4) is 0 Å². The van der Waals surface area contributed by atoms with Crippen molar-refractivity contribution < 1.29 is 19.4 Å². The average molecular weight is 277 g/mol. The molecule has 6 atom stereocenters. The van der Waals surface area contributed by atoms with E-state index in [1.54, 1.807) is 6.92 Å². The minimum absolute atomic E-state index is 0.0816. The average Bonchev–Trinajstić information content (AvgIpc) is 3.13. The van der Waals surface area contributed by atoms with Crippen molar-refractivity contribution in [1.82, 2.24) is 4.90 Å². The second-order valence-electron chi connectivity index (χ2n) is 6.63. The summed E-state index contributed by atoms with van der Waals surface area (Å²) >= 11 is 0. The van der Waals surface area contributed by atoms with E-state index in [2.05, 4.69) is 12.2 Å². The van der Waals surface area contributed by atoms with Gasteiger partial charge in [0.1, 0.15) is 5.60 Å². The van der Waals surface area contributed by atoms with Crippen molar-refractivity contribution in [3.05, 3.63) is 12.2 Å². The van der Waals surface area contributed by atoms with Gasteiger partial charge in [0.15, 0.2) is 0 Å². The molecular weight excluding hydrogens is 258 g/mol. The Hall–Kier alpha value is -1.20. The third-order valence-electron chi connectivity index (χ3n) is 5.65. The molecule has 2 saturated heterocycles. The predicted octanol–water partition coefficient (Wildman–Crippen LogP) is 0.333. The molecule has 2 bridgehead atoms. The van der Waals surface area contributed by atoms with Crippen molar-refractivity contribution in [3.63, 3.8) is 0 Å². The molecule has 108 valence electrons. The minimum atomic E-state index is -1.09. The van der Waals surface area contributed by atoms with Gasteiger partial charge in [-0.1, -0.05) is 12.2 Å². The second-order valence-corrected chi connectivity index (χ2v) is 6.63. The van der Waals surface area contributed by atoms with Crippen LogP contribution in [0.1, 0.15) is 19.8 Å². The number of fused-ring (bicyclic) bond motifs is 5. The molecule has 0 aromatic rings. The molecule has 0 spiro atoms. The minimum Gasteiger partial charge on any atom is -0.385 e. The standard InChI is InChI=1S/C15H19NO4/c1-8-15(19,4-5-20-8)7-16-13(17)11-9-2-3-10(6-9)12(11)14(16)18/h2-3,8-12,19H,4-7H2,1H3. The Morgan fingerprint density at radius 3 is 2.40 bits per heavy atom. The first-order valence-electron chi connectivity index (χ1n) is 7.39. The smallest absolute Gasteiger partial charge is 0.233 e. The number of aliphatic hydroxyl groups is 1. The summed E-state index contributed by atoms with van der Waals surface area (Å²) in [5.74, 6) is -0.108. The molecule has 4 aliphatic rings. The van der Waals surface area contributed by atoms with Gasteiger partial charge in [0.25, 0.3) is 0 Å². The quantitative estimate of drug-likeness (QED) is 0.583. The van der Waals surface area contributed by atoms with Crippen LogP contribution in [-0.4, -0.2) is 46.7 Å². The van der Waals surface area contributed by atoms with Crippen LogP contribution in [0.5, 0.6) is 0 Å². The van der Waals surface area contributed by atoms with Crippen LogP contribution < -0.4 is 0 Å². The Kier molecular flexibility index (Phi) is 2.46. The van der Waals surface area contributed by atoms with E-state index in [-0.39, 0.29) is 48.1 Å². The van der Waals surface area contributed by atoms with Gasteiger partial charge >= 0.3 is 0 Å².